The zero-order valence-corrected chi connectivity index (χ0v) is 10.4. The van der Waals surface area contributed by atoms with Crippen molar-refractivity contribution in [2.45, 2.75) is 19.8 Å². The van der Waals surface area contributed by atoms with Crippen molar-refractivity contribution >= 4 is 0 Å². The van der Waals surface area contributed by atoms with Gasteiger partial charge in [-0.25, -0.2) is 0 Å². The predicted octanol–water partition coefficient (Wildman–Crippen LogP) is 3.87. The highest BCUT2D eigenvalue weighted by Crippen LogP contribution is 2.25. The molecule has 2 aromatic rings. The molecule has 0 amide bonds. The molecule has 1 aromatic heterocycles. The Hall–Kier alpha value is -2.34. The highest BCUT2D eigenvalue weighted by atomic mass is 16.5. The summed E-state index contributed by atoms with van der Waals surface area (Å²) in [5, 5.41) is 8.96. The summed E-state index contributed by atoms with van der Waals surface area (Å²) in [5.74, 6) is 1.69. The van der Waals surface area contributed by atoms with E-state index in [1.807, 2.05) is 24.3 Å². The monoisotopic (exact) mass is 238 g/mol. The van der Waals surface area contributed by atoms with Crippen LogP contribution in [0.25, 0.3) is 0 Å². The van der Waals surface area contributed by atoms with Crippen molar-refractivity contribution < 1.29 is 4.74 Å². The largest absolute Gasteiger partial charge is 0.454 e. The van der Waals surface area contributed by atoms with Gasteiger partial charge < -0.3 is 4.74 Å². The normalized spacial score (nSPS) is 10.1. The van der Waals surface area contributed by atoms with Gasteiger partial charge in [-0.05, 0) is 29.7 Å². The Labute approximate surface area is 107 Å². The van der Waals surface area contributed by atoms with Crippen molar-refractivity contribution in [3.8, 4) is 17.6 Å². The lowest BCUT2D eigenvalue weighted by atomic mass is 10.0. The molecule has 0 fully saturated rings. The molecule has 0 aliphatic rings. The minimum atomic E-state index is 0.484. The van der Waals surface area contributed by atoms with Crippen LogP contribution >= 0.6 is 0 Å². The molecule has 0 N–H and O–H groups in total. The van der Waals surface area contributed by atoms with Gasteiger partial charge in [-0.3, -0.25) is 4.98 Å². The number of aromatic nitrogens is 1. The van der Waals surface area contributed by atoms with Crippen LogP contribution in [0.2, 0.25) is 0 Å². The van der Waals surface area contributed by atoms with E-state index in [0.717, 1.165) is 0 Å². The molecule has 0 aliphatic carbocycles. The first-order valence-electron chi connectivity index (χ1n) is 5.82. The molecule has 2 rings (SSSR count). The van der Waals surface area contributed by atoms with Gasteiger partial charge in [0, 0.05) is 6.20 Å². The Morgan fingerprint density at radius 3 is 2.50 bits per heavy atom. The van der Waals surface area contributed by atoms with Gasteiger partial charge in [-0.15, -0.1) is 0 Å². The molecule has 1 aromatic carbocycles. The summed E-state index contributed by atoms with van der Waals surface area (Å²) < 4.78 is 5.65. The van der Waals surface area contributed by atoms with E-state index in [-0.39, 0.29) is 0 Å². The minimum Gasteiger partial charge on any atom is -0.454 e. The van der Waals surface area contributed by atoms with E-state index in [0.29, 0.717) is 23.0 Å². The fourth-order valence-electron chi connectivity index (χ4n) is 1.60. The lowest BCUT2D eigenvalue weighted by Crippen LogP contribution is -1.91. The highest BCUT2D eigenvalue weighted by molar-refractivity contribution is 5.43. The van der Waals surface area contributed by atoms with Gasteiger partial charge in [-0.1, -0.05) is 26.0 Å². The third kappa shape index (κ3) is 2.67. The van der Waals surface area contributed by atoms with Gasteiger partial charge in [0.15, 0.2) is 5.75 Å². The lowest BCUT2D eigenvalue weighted by Gasteiger charge is -2.09. The van der Waals surface area contributed by atoms with Crippen LogP contribution < -0.4 is 4.74 Å². The maximum Gasteiger partial charge on any atom is 0.163 e. The van der Waals surface area contributed by atoms with E-state index in [1.54, 1.807) is 18.5 Å². The van der Waals surface area contributed by atoms with Crippen molar-refractivity contribution in [2.75, 3.05) is 0 Å². The smallest absolute Gasteiger partial charge is 0.163 e. The number of ether oxygens (including phenoxy) is 1. The number of hydrogen-bond acceptors (Lipinski definition) is 3. The van der Waals surface area contributed by atoms with Gasteiger partial charge in [0.1, 0.15) is 11.8 Å². The van der Waals surface area contributed by atoms with Crippen LogP contribution in [0, 0.1) is 11.3 Å². The van der Waals surface area contributed by atoms with Crippen molar-refractivity contribution in [3.63, 3.8) is 0 Å². The van der Waals surface area contributed by atoms with Crippen LogP contribution in [0.5, 0.6) is 11.5 Å². The van der Waals surface area contributed by atoms with E-state index < -0.39 is 0 Å². The van der Waals surface area contributed by atoms with Gasteiger partial charge in [0.2, 0.25) is 0 Å². The van der Waals surface area contributed by atoms with E-state index in [4.69, 9.17) is 10.00 Å². The number of nitriles is 1. The molecular weight excluding hydrogens is 224 g/mol. The standard InChI is InChI=1S/C15H14N2O/c1-11(2)12-3-5-14(6-4-12)18-15-10-17-8-7-13(15)9-16/h3-8,10-11H,1-2H3. The van der Waals surface area contributed by atoms with Crippen LogP contribution in [-0.4, -0.2) is 4.98 Å². The number of pyridine rings is 1. The van der Waals surface area contributed by atoms with E-state index >= 15 is 0 Å². The van der Waals surface area contributed by atoms with Gasteiger partial charge in [0.25, 0.3) is 0 Å². The molecule has 0 spiro atoms. The molecule has 0 unspecified atom stereocenters. The van der Waals surface area contributed by atoms with Crippen molar-refractivity contribution in [1.29, 1.82) is 5.26 Å². The average Bonchev–Trinajstić information content (AvgIpc) is 2.40. The molecule has 0 bridgehead atoms. The predicted molar refractivity (Wildman–Crippen MR) is 69.6 cm³/mol. The molecule has 18 heavy (non-hydrogen) atoms. The first kappa shape index (κ1) is 12.1. The van der Waals surface area contributed by atoms with Crippen LogP contribution in [-0.2, 0) is 0 Å². The zero-order valence-electron chi connectivity index (χ0n) is 10.4. The van der Waals surface area contributed by atoms with E-state index in [9.17, 15) is 0 Å². The van der Waals surface area contributed by atoms with Crippen LogP contribution in [0.15, 0.2) is 42.7 Å². The molecule has 90 valence electrons. The molecule has 3 nitrogen and oxygen atoms in total. The minimum absolute atomic E-state index is 0.484. The van der Waals surface area contributed by atoms with Gasteiger partial charge in [-0.2, -0.15) is 5.26 Å². The third-order valence-electron chi connectivity index (χ3n) is 2.68. The molecule has 0 radical (unpaired) electrons. The second-order valence-corrected chi connectivity index (χ2v) is 4.31. The summed E-state index contributed by atoms with van der Waals surface area (Å²) in [4.78, 5) is 3.96. The third-order valence-corrected chi connectivity index (χ3v) is 2.68. The summed E-state index contributed by atoms with van der Waals surface area (Å²) in [6, 6.07) is 11.6. The quantitative estimate of drug-likeness (QED) is 0.815. The van der Waals surface area contributed by atoms with Crippen molar-refractivity contribution in [1.82, 2.24) is 4.98 Å². The van der Waals surface area contributed by atoms with E-state index in [2.05, 4.69) is 24.9 Å². The second kappa shape index (κ2) is 5.33. The fraction of sp³-hybridized carbons (Fsp3) is 0.200. The average molecular weight is 238 g/mol. The van der Waals surface area contributed by atoms with Crippen LogP contribution in [0.3, 0.4) is 0 Å². The molecule has 3 heteroatoms. The maximum atomic E-state index is 8.96. The van der Waals surface area contributed by atoms with Crippen molar-refractivity contribution in [3.05, 3.63) is 53.9 Å². The molecule has 0 saturated carbocycles. The number of hydrogen-bond donors (Lipinski definition) is 0. The molecule has 0 atom stereocenters. The van der Waals surface area contributed by atoms with Gasteiger partial charge >= 0.3 is 0 Å². The highest BCUT2D eigenvalue weighted by Gasteiger charge is 2.05. The fourth-order valence-corrected chi connectivity index (χ4v) is 1.60. The lowest BCUT2D eigenvalue weighted by molar-refractivity contribution is 0.478. The summed E-state index contributed by atoms with van der Waals surface area (Å²) in [7, 11) is 0. The van der Waals surface area contributed by atoms with Crippen LogP contribution in [0.4, 0.5) is 0 Å². The Balaban J connectivity index is 2.22. The zero-order chi connectivity index (χ0) is 13.0. The Kier molecular flexibility index (Phi) is 3.59. The van der Waals surface area contributed by atoms with Crippen LogP contribution in [0.1, 0.15) is 30.9 Å². The second-order valence-electron chi connectivity index (χ2n) is 4.31. The summed E-state index contributed by atoms with van der Waals surface area (Å²) in [6.07, 6.45) is 3.13. The Bertz CT molecular complexity index is 568. The molecule has 0 saturated heterocycles. The molecule has 1 heterocycles. The first-order valence-corrected chi connectivity index (χ1v) is 5.82. The summed E-state index contributed by atoms with van der Waals surface area (Å²) in [5.41, 5.74) is 1.74. The number of rotatable bonds is 3. The Morgan fingerprint density at radius 2 is 1.89 bits per heavy atom. The van der Waals surface area contributed by atoms with Crippen molar-refractivity contribution in [2.24, 2.45) is 0 Å². The molecular formula is C15H14N2O. The topological polar surface area (TPSA) is 45.9 Å². The van der Waals surface area contributed by atoms with E-state index in [1.165, 1.54) is 5.56 Å². The Morgan fingerprint density at radius 1 is 1.17 bits per heavy atom. The van der Waals surface area contributed by atoms with Gasteiger partial charge in [0.05, 0.1) is 11.8 Å². The molecule has 0 aliphatic heterocycles. The summed E-state index contributed by atoms with van der Waals surface area (Å²) in [6.45, 7) is 4.29. The maximum absolute atomic E-state index is 8.96. The first-order chi connectivity index (χ1) is 8.70. The number of nitrogens with zero attached hydrogens (tertiary/aromatic N) is 2. The number of benzene rings is 1. The SMILES string of the molecule is CC(C)c1ccc(Oc2cnccc2C#N)cc1. The summed E-state index contributed by atoms with van der Waals surface area (Å²) >= 11 is 0.